The number of hydrogen-bond donors (Lipinski definition) is 0. The number of morpholine rings is 1. The maximum atomic E-state index is 12.3. The zero-order chi connectivity index (χ0) is 13.1. The lowest BCUT2D eigenvalue weighted by molar-refractivity contribution is -0.0922. The molecule has 18 heavy (non-hydrogen) atoms. The van der Waals surface area contributed by atoms with Crippen molar-refractivity contribution in [3.05, 3.63) is 23.7 Å². The van der Waals surface area contributed by atoms with Gasteiger partial charge in [-0.2, -0.15) is 0 Å². The van der Waals surface area contributed by atoms with Crippen LogP contribution in [0.2, 0.25) is 0 Å². The number of ether oxygens (including phenoxy) is 2. The first-order valence-corrected chi connectivity index (χ1v) is 6.09. The van der Waals surface area contributed by atoms with Gasteiger partial charge in [0, 0.05) is 25.8 Å². The van der Waals surface area contributed by atoms with Crippen LogP contribution in [0.3, 0.4) is 0 Å². The van der Waals surface area contributed by atoms with E-state index in [0.29, 0.717) is 25.5 Å². The highest BCUT2D eigenvalue weighted by molar-refractivity contribution is 5.92. The Hall–Kier alpha value is -1.33. The normalized spacial score (nSPS) is 24.3. The van der Waals surface area contributed by atoms with Gasteiger partial charge in [0.25, 0.3) is 5.91 Å². The van der Waals surface area contributed by atoms with Crippen LogP contribution >= 0.6 is 0 Å². The summed E-state index contributed by atoms with van der Waals surface area (Å²) in [5.74, 6) is 0.342. The predicted octanol–water partition coefficient (Wildman–Crippen LogP) is 1.46. The monoisotopic (exact) mass is 253 g/mol. The Labute approximate surface area is 107 Å². The third-order valence-electron chi connectivity index (χ3n) is 3.02. The lowest BCUT2D eigenvalue weighted by Gasteiger charge is -2.36. The van der Waals surface area contributed by atoms with E-state index < -0.39 is 0 Å². The van der Waals surface area contributed by atoms with Crippen LogP contribution in [0.15, 0.2) is 16.7 Å². The van der Waals surface area contributed by atoms with Crippen LogP contribution in [0, 0.1) is 6.92 Å². The summed E-state index contributed by atoms with van der Waals surface area (Å²) in [5, 5.41) is 0. The highest BCUT2D eigenvalue weighted by Gasteiger charge is 2.30. The van der Waals surface area contributed by atoms with Gasteiger partial charge in [0.2, 0.25) is 0 Å². The molecule has 0 N–H and O–H groups in total. The van der Waals surface area contributed by atoms with E-state index in [2.05, 4.69) is 0 Å². The SMILES string of the molecule is COC[C@@H]1CN(C(=O)c2occc2C)C[C@@H](C)O1. The molecule has 2 heterocycles. The molecule has 0 spiro atoms. The number of furan rings is 1. The summed E-state index contributed by atoms with van der Waals surface area (Å²) in [5.41, 5.74) is 0.863. The average molecular weight is 253 g/mol. The summed E-state index contributed by atoms with van der Waals surface area (Å²) in [4.78, 5) is 14.1. The fourth-order valence-electron chi connectivity index (χ4n) is 2.22. The third kappa shape index (κ3) is 2.73. The van der Waals surface area contributed by atoms with E-state index in [0.717, 1.165) is 5.56 Å². The molecule has 100 valence electrons. The summed E-state index contributed by atoms with van der Waals surface area (Å²) in [7, 11) is 1.63. The first-order chi connectivity index (χ1) is 8.61. The molecule has 5 heteroatoms. The zero-order valence-electron chi connectivity index (χ0n) is 11.0. The van der Waals surface area contributed by atoms with Gasteiger partial charge in [-0.15, -0.1) is 0 Å². The Morgan fingerprint density at radius 1 is 1.56 bits per heavy atom. The van der Waals surface area contributed by atoms with Crippen molar-refractivity contribution < 1.29 is 18.7 Å². The molecule has 1 aromatic heterocycles. The summed E-state index contributed by atoms with van der Waals surface area (Å²) >= 11 is 0. The minimum Gasteiger partial charge on any atom is -0.459 e. The summed E-state index contributed by atoms with van der Waals surface area (Å²) < 4.78 is 16.0. The average Bonchev–Trinajstić information content (AvgIpc) is 2.74. The Morgan fingerprint density at radius 3 is 2.94 bits per heavy atom. The number of amides is 1. The van der Waals surface area contributed by atoms with Gasteiger partial charge in [-0.3, -0.25) is 4.79 Å². The van der Waals surface area contributed by atoms with E-state index in [1.807, 2.05) is 13.8 Å². The first-order valence-electron chi connectivity index (χ1n) is 6.09. The lowest BCUT2D eigenvalue weighted by atomic mass is 10.2. The van der Waals surface area contributed by atoms with Crippen molar-refractivity contribution in [1.82, 2.24) is 4.90 Å². The van der Waals surface area contributed by atoms with Crippen molar-refractivity contribution in [1.29, 1.82) is 0 Å². The van der Waals surface area contributed by atoms with Crippen LogP contribution in [0.5, 0.6) is 0 Å². The van der Waals surface area contributed by atoms with Gasteiger partial charge in [0.05, 0.1) is 25.1 Å². The van der Waals surface area contributed by atoms with Crippen molar-refractivity contribution in [3.63, 3.8) is 0 Å². The zero-order valence-corrected chi connectivity index (χ0v) is 11.0. The number of carbonyl (C=O) groups is 1. The van der Waals surface area contributed by atoms with Crippen LogP contribution < -0.4 is 0 Å². The first kappa shape index (κ1) is 13.1. The van der Waals surface area contributed by atoms with Crippen molar-refractivity contribution in [2.24, 2.45) is 0 Å². The topological polar surface area (TPSA) is 51.9 Å². The largest absolute Gasteiger partial charge is 0.459 e. The van der Waals surface area contributed by atoms with Crippen molar-refractivity contribution in [2.45, 2.75) is 26.1 Å². The van der Waals surface area contributed by atoms with Crippen LogP contribution in [-0.2, 0) is 9.47 Å². The molecule has 1 fully saturated rings. The van der Waals surface area contributed by atoms with E-state index >= 15 is 0 Å². The lowest BCUT2D eigenvalue weighted by Crippen LogP contribution is -2.50. The molecule has 1 aliphatic heterocycles. The van der Waals surface area contributed by atoms with E-state index in [9.17, 15) is 4.79 Å². The fraction of sp³-hybridized carbons (Fsp3) is 0.615. The van der Waals surface area contributed by atoms with Gasteiger partial charge < -0.3 is 18.8 Å². The van der Waals surface area contributed by atoms with Gasteiger partial charge in [0.1, 0.15) is 0 Å². The molecule has 0 aromatic carbocycles. The van der Waals surface area contributed by atoms with Gasteiger partial charge in [0.15, 0.2) is 5.76 Å². The molecule has 1 aliphatic rings. The van der Waals surface area contributed by atoms with Crippen LogP contribution in [0.25, 0.3) is 0 Å². The van der Waals surface area contributed by atoms with Crippen molar-refractivity contribution >= 4 is 5.91 Å². The molecule has 1 aromatic rings. The number of methoxy groups -OCH3 is 1. The molecule has 0 radical (unpaired) electrons. The molecule has 0 bridgehead atoms. The molecule has 5 nitrogen and oxygen atoms in total. The molecule has 0 saturated carbocycles. The standard InChI is InChI=1S/C13H19NO4/c1-9-4-5-17-12(9)13(15)14-6-10(2)18-11(7-14)8-16-3/h4-5,10-11H,6-8H2,1-3H3/t10-,11+/m1/s1. The maximum absolute atomic E-state index is 12.3. The Morgan fingerprint density at radius 2 is 2.33 bits per heavy atom. The number of aryl methyl sites for hydroxylation is 1. The van der Waals surface area contributed by atoms with E-state index in [-0.39, 0.29) is 18.1 Å². The molecule has 0 aliphatic carbocycles. The van der Waals surface area contributed by atoms with Crippen LogP contribution in [-0.4, -0.2) is 49.8 Å². The quantitative estimate of drug-likeness (QED) is 0.818. The Kier molecular flexibility index (Phi) is 4.04. The minimum absolute atomic E-state index is 0.0121. The van der Waals surface area contributed by atoms with Gasteiger partial charge in [-0.05, 0) is 19.9 Å². The molecule has 1 saturated heterocycles. The number of hydrogen-bond acceptors (Lipinski definition) is 4. The molecule has 2 atom stereocenters. The summed E-state index contributed by atoms with van der Waals surface area (Å²) in [6.07, 6.45) is 1.48. The second-order valence-corrected chi connectivity index (χ2v) is 4.67. The van der Waals surface area contributed by atoms with Crippen LogP contribution in [0.4, 0.5) is 0 Å². The molecular formula is C13H19NO4. The highest BCUT2D eigenvalue weighted by Crippen LogP contribution is 2.17. The second kappa shape index (κ2) is 5.54. The molecule has 0 unspecified atom stereocenters. The Balaban J connectivity index is 2.08. The molecule has 1 amide bonds. The fourth-order valence-corrected chi connectivity index (χ4v) is 2.22. The van der Waals surface area contributed by atoms with E-state index in [1.54, 1.807) is 24.3 Å². The highest BCUT2D eigenvalue weighted by atomic mass is 16.5. The van der Waals surface area contributed by atoms with Crippen LogP contribution in [0.1, 0.15) is 23.0 Å². The number of carbonyl (C=O) groups excluding carboxylic acids is 1. The second-order valence-electron chi connectivity index (χ2n) is 4.67. The smallest absolute Gasteiger partial charge is 0.290 e. The van der Waals surface area contributed by atoms with Crippen molar-refractivity contribution in [2.75, 3.05) is 26.8 Å². The van der Waals surface area contributed by atoms with Gasteiger partial charge >= 0.3 is 0 Å². The number of nitrogens with zero attached hydrogens (tertiary/aromatic N) is 1. The Bertz CT molecular complexity index is 415. The third-order valence-corrected chi connectivity index (χ3v) is 3.02. The van der Waals surface area contributed by atoms with Gasteiger partial charge in [-0.1, -0.05) is 0 Å². The predicted molar refractivity (Wildman–Crippen MR) is 65.6 cm³/mol. The molecular weight excluding hydrogens is 234 g/mol. The van der Waals surface area contributed by atoms with E-state index in [1.165, 1.54) is 0 Å². The summed E-state index contributed by atoms with van der Waals surface area (Å²) in [6.45, 7) is 5.44. The maximum Gasteiger partial charge on any atom is 0.290 e. The van der Waals surface area contributed by atoms with Crippen molar-refractivity contribution in [3.8, 4) is 0 Å². The number of rotatable bonds is 3. The van der Waals surface area contributed by atoms with E-state index in [4.69, 9.17) is 13.9 Å². The summed E-state index contributed by atoms with van der Waals surface area (Å²) in [6, 6.07) is 1.80. The molecule has 2 rings (SSSR count). The minimum atomic E-state index is -0.0752. The van der Waals surface area contributed by atoms with Gasteiger partial charge in [-0.25, -0.2) is 0 Å².